The smallest absolute Gasteiger partial charge is 0.271 e. The van der Waals surface area contributed by atoms with Crippen LogP contribution >= 0.6 is 0 Å². The number of nitro benzene ring substituents is 1. The van der Waals surface area contributed by atoms with Crippen molar-refractivity contribution in [1.29, 1.82) is 0 Å². The van der Waals surface area contributed by atoms with E-state index in [1.807, 2.05) is 14.0 Å². The molecule has 0 aliphatic carbocycles. The van der Waals surface area contributed by atoms with Gasteiger partial charge in [-0.2, -0.15) is 0 Å². The molecule has 1 atom stereocenters. The normalized spacial score (nSPS) is 16.9. The van der Waals surface area contributed by atoms with Crippen molar-refractivity contribution in [1.82, 2.24) is 10.2 Å². The summed E-state index contributed by atoms with van der Waals surface area (Å²) in [5, 5.41) is 16.9. The Morgan fingerprint density at radius 3 is 2.69 bits per heavy atom. The molecular formula is C18H28N4O4. The van der Waals surface area contributed by atoms with E-state index in [4.69, 9.17) is 4.74 Å². The van der Waals surface area contributed by atoms with Gasteiger partial charge in [-0.25, -0.2) is 0 Å². The lowest BCUT2D eigenvalue weighted by Crippen LogP contribution is -2.46. The molecule has 1 aromatic carbocycles. The molecule has 0 radical (unpaired) electrons. The summed E-state index contributed by atoms with van der Waals surface area (Å²) in [6.07, 6.45) is 3.33. The van der Waals surface area contributed by atoms with Crippen LogP contribution in [0.4, 0.5) is 11.4 Å². The maximum atomic E-state index is 12.6. The summed E-state index contributed by atoms with van der Waals surface area (Å²) < 4.78 is 5.20. The summed E-state index contributed by atoms with van der Waals surface area (Å²) in [5.41, 5.74) is 0.238. The Bertz CT molecular complexity index is 630. The number of nitrogens with one attached hydrogen (secondary N) is 2. The van der Waals surface area contributed by atoms with E-state index in [9.17, 15) is 14.9 Å². The molecule has 0 spiro atoms. The monoisotopic (exact) mass is 364 g/mol. The van der Waals surface area contributed by atoms with E-state index < -0.39 is 4.92 Å². The van der Waals surface area contributed by atoms with Gasteiger partial charge in [-0.15, -0.1) is 0 Å². The first kappa shape index (κ1) is 20.1. The van der Waals surface area contributed by atoms with E-state index in [1.54, 1.807) is 0 Å². The lowest BCUT2D eigenvalue weighted by atomic mass is 9.93. The van der Waals surface area contributed by atoms with E-state index in [-0.39, 0.29) is 17.6 Å². The van der Waals surface area contributed by atoms with Crippen LogP contribution < -0.4 is 15.4 Å². The Labute approximate surface area is 154 Å². The van der Waals surface area contributed by atoms with E-state index in [0.717, 1.165) is 38.9 Å². The maximum absolute atomic E-state index is 12.6. The number of methoxy groups -OCH3 is 1. The van der Waals surface area contributed by atoms with Crippen molar-refractivity contribution >= 4 is 17.3 Å². The SMILES string of the molecule is CNCCC1CCN(C(C)C(=O)Nc2cc([N+](=O)[O-])ccc2OC)CC1. The first-order chi connectivity index (χ1) is 12.5. The zero-order valence-corrected chi connectivity index (χ0v) is 15.7. The number of hydrogen-bond acceptors (Lipinski definition) is 6. The summed E-state index contributed by atoms with van der Waals surface area (Å²) >= 11 is 0. The van der Waals surface area contributed by atoms with Crippen LogP contribution in [0.15, 0.2) is 18.2 Å². The molecule has 0 bridgehead atoms. The molecule has 144 valence electrons. The second kappa shape index (κ2) is 9.49. The molecule has 0 saturated carbocycles. The lowest BCUT2D eigenvalue weighted by molar-refractivity contribution is -0.384. The highest BCUT2D eigenvalue weighted by Gasteiger charge is 2.27. The number of amides is 1. The standard InChI is InChI=1S/C18H28N4O4/c1-13(21-10-7-14(8-11-21)6-9-19-2)18(23)20-16-12-15(22(24)25)4-5-17(16)26-3/h4-5,12-14,19H,6-11H2,1-3H3,(H,20,23). The minimum Gasteiger partial charge on any atom is -0.495 e. The van der Waals surface area contributed by atoms with Crippen LogP contribution in [0.2, 0.25) is 0 Å². The molecule has 2 rings (SSSR count). The number of piperidine rings is 1. The lowest BCUT2D eigenvalue weighted by Gasteiger charge is -2.35. The fourth-order valence-corrected chi connectivity index (χ4v) is 3.29. The Morgan fingerprint density at radius 1 is 1.42 bits per heavy atom. The van der Waals surface area contributed by atoms with Gasteiger partial charge in [-0.1, -0.05) is 0 Å². The number of carbonyl (C=O) groups excluding carboxylic acids is 1. The van der Waals surface area contributed by atoms with Gasteiger partial charge in [0.2, 0.25) is 5.91 Å². The molecule has 26 heavy (non-hydrogen) atoms. The summed E-state index contributed by atoms with van der Waals surface area (Å²) in [6.45, 7) is 4.66. The topological polar surface area (TPSA) is 96.7 Å². The van der Waals surface area contributed by atoms with Gasteiger partial charge in [-0.3, -0.25) is 19.8 Å². The summed E-state index contributed by atoms with van der Waals surface area (Å²) in [4.78, 5) is 25.3. The van der Waals surface area contributed by atoms with Crippen LogP contribution in [-0.4, -0.2) is 55.6 Å². The Morgan fingerprint density at radius 2 is 2.12 bits per heavy atom. The maximum Gasteiger partial charge on any atom is 0.271 e. The zero-order valence-electron chi connectivity index (χ0n) is 15.7. The van der Waals surface area contributed by atoms with Crippen molar-refractivity contribution in [3.63, 3.8) is 0 Å². The van der Waals surface area contributed by atoms with Crippen molar-refractivity contribution in [3.8, 4) is 5.75 Å². The van der Waals surface area contributed by atoms with Crippen LogP contribution in [0.5, 0.6) is 5.75 Å². The number of nitro groups is 1. The van der Waals surface area contributed by atoms with Crippen molar-refractivity contribution in [2.24, 2.45) is 5.92 Å². The molecule has 8 nitrogen and oxygen atoms in total. The first-order valence-electron chi connectivity index (χ1n) is 8.98. The fourth-order valence-electron chi connectivity index (χ4n) is 3.29. The minimum absolute atomic E-state index is 0.0842. The van der Waals surface area contributed by atoms with E-state index >= 15 is 0 Å². The molecular weight excluding hydrogens is 336 g/mol. The van der Waals surface area contributed by atoms with Crippen molar-refractivity contribution in [2.75, 3.05) is 39.1 Å². The van der Waals surface area contributed by atoms with Gasteiger partial charge in [0, 0.05) is 12.1 Å². The molecule has 1 heterocycles. The molecule has 1 aromatic rings. The third-order valence-electron chi connectivity index (χ3n) is 5.03. The Balaban J connectivity index is 1.97. The van der Waals surface area contributed by atoms with Crippen LogP contribution in [0.1, 0.15) is 26.2 Å². The van der Waals surface area contributed by atoms with Gasteiger partial charge >= 0.3 is 0 Å². The highest BCUT2D eigenvalue weighted by Crippen LogP contribution is 2.29. The van der Waals surface area contributed by atoms with E-state index in [2.05, 4.69) is 15.5 Å². The highest BCUT2D eigenvalue weighted by molar-refractivity contribution is 5.96. The molecule has 1 saturated heterocycles. The van der Waals surface area contributed by atoms with Gasteiger partial charge in [0.15, 0.2) is 0 Å². The van der Waals surface area contributed by atoms with Gasteiger partial charge in [0.05, 0.1) is 23.8 Å². The van der Waals surface area contributed by atoms with E-state index in [0.29, 0.717) is 17.4 Å². The van der Waals surface area contributed by atoms with Crippen molar-refractivity contribution in [3.05, 3.63) is 28.3 Å². The molecule has 1 aliphatic rings. The number of benzene rings is 1. The minimum atomic E-state index is -0.492. The number of likely N-dealkylation sites (tertiary alicyclic amines) is 1. The second-order valence-corrected chi connectivity index (χ2v) is 6.68. The molecule has 2 N–H and O–H groups in total. The number of rotatable bonds is 8. The Hall–Kier alpha value is -2.19. The highest BCUT2D eigenvalue weighted by atomic mass is 16.6. The molecule has 0 aromatic heterocycles. The van der Waals surface area contributed by atoms with E-state index in [1.165, 1.54) is 25.3 Å². The number of nitrogens with zero attached hydrogens (tertiary/aromatic N) is 2. The third-order valence-corrected chi connectivity index (χ3v) is 5.03. The Kier molecular flexibility index (Phi) is 7.35. The van der Waals surface area contributed by atoms with Crippen LogP contribution in [0.25, 0.3) is 0 Å². The molecule has 1 unspecified atom stereocenters. The largest absolute Gasteiger partial charge is 0.495 e. The molecule has 1 fully saturated rings. The van der Waals surface area contributed by atoms with Crippen LogP contribution in [-0.2, 0) is 4.79 Å². The number of carbonyl (C=O) groups is 1. The number of ether oxygens (including phenoxy) is 1. The fraction of sp³-hybridized carbons (Fsp3) is 0.611. The predicted molar refractivity (Wildman–Crippen MR) is 101 cm³/mol. The van der Waals surface area contributed by atoms with Gasteiger partial charge in [-0.05, 0) is 64.9 Å². The average Bonchev–Trinajstić information content (AvgIpc) is 2.66. The van der Waals surface area contributed by atoms with Crippen LogP contribution in [0, 0.1) is 16.0 Å². The molecule has 8 heteroatoms. The predicted octanol–water partition coefficient (Wildman–Crippen LogP) is 2.25. The van der Waals surface area contributed by atoms with Gasteiger partial charge in [0.1, 0.15) is 5.75 Å². The molecule has 1 amide bonds. The summed E-state index contributed by atoms with van der Waals surface area (Å²) in [5.74, 6) is 0.922. The third kappa shape index (κ3) is 5.15. The number of anilines is 1. The number of hydrogen-bond donors (Lipinski definition) is 2. The summed E-state index contributed by atoms with van der Waals surface area (Å²) in [6, 6.07) is 3.87. The van der Waals surface area contributed by atoms with Crippen molar-refractivity contribution in [2.45, 2.75) is 32.2 Å². The zero-order chi connectivity index (χ0) is 19.1. The first-order valence-corrected chi connectivity index (χ1v) is 8.98. The second-order valence-electron chi connectivity index (χ2n) is 6.68. The van der Waals surface area contributed by atoms with Crippen molar-refractivity contribution < 1.29 is 14.5 Å². The van der Waals surface area contributed by atoms with Gasteiger partial charge in [0.25, 0.3) is 5.69 Å². The molecule has 1 aliphatic heterocycles. The number of non-ortho nitro benzene ring substituents is 1. The van der Waals surface area contributed by atoms with Crippen LogP contribution in [0.3, 0.4) is 0 Å². The quantitative estimate of drug-likeness (QED) is 0.542. The summed E-state index contributed by atoms with van der Waals surface area (Å²) in [7, 11) is 3.43. The van der Waals surface area contributed by atoms with Gasteiger partial charge < -0.3 is 15.4 Å². The average molecular weight is 364 g/mol.